The summed E-state index contributed by atoms with van der Waals surface area (Å²) < 4.78 is 16.7. The second-order valence-corrected chi connectivity index (χ2v) is 5.79. The number of fused-ring (bicyclic) bond motifs is 1. The average molecular weight is 352 g/mol. The van der Waals surface area contributed by atoms with Crippen LogP contribution in [0.5, 0.6) is 0 Å². The van der Waals surface area contributed by atoms with Crippen LogP contribution in [0.4, 0.5) is 4.39 Å². The molecule has 3 aromatic rings. The number of pyridine rings is 1. The maximum atomic E-state index is 13.8. The second-order valence-electron chi connectivity index (χ2n) is 4.55. The van der Waals surface area contributed by atoms with Crippen LogP contribution in [0.25, 0.3) is 11.0 Å². The average Bonchev–Trinajstić information content (AvgIpc) is 2.75. The normalized spacial score (nSPS) is 12.8. The number of nitrogens with one attached hydrogen (secondary N) is 1. The molecule has 20 heavy (non-hydrogen) atoms. The van der Waals surface area contributed by atoms with Crippen molar-refractivity contribution in [3.05, 3.63) is 57.3 Å². The zero-order valence-electron chi connectivity index (χ0n) is 10.6. The van der Waals surface area contributed by atoms with Crippen molar-refractivity contribution in [3.8, 4) is 0 Å². The Labute approximate surface area is 128 Å². The number of nitrogens with zero attached hydrogens (tertiary/aromatic N) is 2. The standard InChI is InChI=1S/C14H11BrFN3S/c1-8(9-3-2-4-17-7-9)19-13-6-11(16)10(15)5-12(13)18-14(19)20/h2-8H,1H3,(H,18,20). The van der Waals surface area contributed by atoms with Crippen molar-refractivity contribution in [2.45, 2.75) is 13.0 Å². The van der Waals surface area contributed by atoms with Crippen LogP contribution in [0.3, 0.4) is 0 Å². The SMILES string of the molecule is CC(c1cccnc1)n1c(=S)[nH]c2cc(Br)c(F)cc21. The van der Waals surface area contributed by atoms with Crippen molar-refractivity contribution < 1.29 is 4.39 Å². The summed E-state index contributed by atoms with van der Waals surface area (Å²) in [5.74, 6) is -0.307. The number of benzene rings is 1. The predicted molar refractivity (Wildman–Crippen MR) is 82.8 cm³/mol. The van der Waals surface area contributed by atoms with E-state index in [1.54, 1.807) is 18.5 Å². The molecule has 2 heterocycles. The third-order valence-corrected chi connectivity index (χ3v) is 4.22. The molecule has 1 N–H and O–H groups in total. The van der Waals surface area contributed by atoms with Crippen molar-refractivity contribution in [1.82, 2.24) is 14.5 Å². The molecular formula is C14H11BrFN3S. The molecule has 0 fully saturated rings. The Balaban J connectivity index is 2.24. The molecule has 6 heteroatoms. The highest BCUT2D eigenvalue weighted by Crippen LogP contribution is 2.27. The number of imidazole rings is 1. The topological polar surface area (TPSA) is 33.6 Å². The van der Waals surface area contributed by atoms with Gasteiger partial charge in [-0.1, -0.05) is 6.07 Å². The van der Waals surface area contributed by atoms with Gasteiger partial charge in [0.1, 0.15) is 5.82 Å². The lowest BCUT2D eigenvalue weighted by molar-refractivity contribution is 0.616. The van der Waals surface area contributed by atoms with Gasteiger partial charge in [-0.3, -0.25) is 4.98 Å². The van der Waals surface area contributed by atoms with Crippen molar-refractivity contribution in [1.29, 1.82) is 0 Å². The molecule has 1 aromatic carbocycles. The molecule has 2 aromatic heterocycles. The highest BCUT2D eigenvalue weighted by molar-refractivity contribution is 9.10. The molecular weight excluding hydrogens is 341 g/mol. The lowest BCUT2D eigenvalue weighted by atomic mass is 10.1. The van der Waals surface area contributed by atoms with Crippen LogP contribution in [0.2, 0.25) is 0 Å². The smallest absolute Gasteiger partial charge is 0.178 e. The summed E-state index contributed by atoms with van der Waals surface area (Å²) in [6.07, 6.45) is 3.52. The summed E-state index contributed by atoms with van der Waals surface area (Å²) in [7, 11) is 0. The zero-order chi connectivity index (χ0) is 14.3. The summed E-state index contributed by atoms with van der Waals surface area (Å²) in [5.41, 5.74) is 2.57. The Kier molecular flexibility index (Phi) is 3.43. The Bertz CT molecular complexity index is 826. The van der Waals surface area contributed by atoms with Gasteiger partial charge in [0.15, 0.2) is 4.77 Å². The highest BCUT2D eigenvalue weighted by Gasteiger charge is 2.15. The Morgan fingerprint density at radius 3 is 2.95 bits per heavy atom. The molecule has 3 rings (SSSR count). The van der Waals surface area contributed by atoms with Gasteiger partial charge in [0.2, 0.25) is 0 Å². The van der Waals surface area contributed by atoms with E-state index in [0.717, 1.165) is 16.6 Å². The van der Waals surface area contributed by atoms with Crippen molar-refractivity contribution in [2.24, 2.45) is 0 Å². The lowest BCUT2D eigenvalue weighted by Gasteiger charge is -2.14. The first kappa shape index (κ1) is 13.5. The van der Waals surface area contributed by atoms with Crippen LogP contribution in [-0.2, 0) is 0 Å². The van der Waals surface area contributed by atoms with Gasteiger partial charge in [0.25, 0.3) is 0 Å². The Morgan fingerprint density at radius 2 is 2.25 bits per heavy atom. The van der Waals surface area contributed by atoms with Gasteiger partial charge in [-0.2, -0.15) is 0 Å². The third kappa shape index (κ3) is 2.19. The first-order chi connectivity index (χ1) is 9.58. The zero-order valence-corrected chi connectivity index (χ0v) is 13.0. The lowest BCUT2D eigenvalue weighted by Crippen LogP contribution is -2.07. The number of rotatable bonds is 2. The third-order valence-electron chi connectivity index (χ3n) is 3.31. The molecule has 0 spiro atoms. The van der Waals surface area contributed by atoms with Crippen LogP contribution < -0.4 is 0 Å². The number of H-pyrrole nitrogens is 1. The molecule has 1 unspecified atom stereocenters. The van der Waals surface area contributed by atoms with E-state index >= 15 is 0 Å². The number of aromatic amines is 1. The summed E-state index contributed by atoms with van der Waals surface area (Å²) in [4.78, 5) is 7.22. The van der Waals surface area contributed by atoms with E-state index in [1.165, 1.54) is 6.07 Å². The monoisotopic (exact) mass is 351 g/mol. The quantitative estimate of drug-likeness (QED) is 0.684. The van der Waals surface area contributed by atoms with Gasteiger partial charge in [-0.25, -0.2) is 4.39 Å². The summed E-state index contributed by atoms with van der Waals surface area (Å²) in [6.45, 7) is 2.01. The minimum absolute atomic E-state index is 0.0227. The number of hydrogen-bond acceptors (Lipinski definition) is 2. The summed E-state index contributed by atoms with van der Waals surface area (Å²) >= 11 is 8.55. The molecule has 3 nitrogen and oxygen atoms in total. The fourth-order valence-electron chi connectivity index (χ4n) is 2.28. The fraction of sp³-hybridized carbons (Fsp3) is 0.143. The highest BCUT2D eigenvalue weighted by atomic mass is 79.9. The van der Waals surface area contributed by atoms with Crippen LogP contribution in [-0.4, -0.2) is 14.5 Å². The van der Waals surface area contributed by atoms with Gasteiger partial charge in [0, 0.05) is 18.5 Å². The van der Waals surface area contributed by atoms with Gasteiger partial charge in [-0.05, 0) is 52.8 Å². The Morgan fingerprint density at radius 1 is 1.45 bits per heavy atom. The maximum Gasteiger partial charge on any atom is 0.178 e. The van der Waals surface area contributed by atoms with Gasteiger partial charge < -0.3 is 9.55 Å². The number of hydrogen-bond donors (Lipinski definition) is 1. The fourth-order valence-corrected chi connectivity index (χ4v) is 2.99. The molecule has 0 aliphatic heterocycles. The summed E-state index contributed by atoms with van der Waals surface area (Å²) in [6, 6.07) is 7.02. The number of aromatic nitrogens is 3. The van der Waals surface area contributed by atoms with E-state index in [2.05, 4.69) is 25.9 Å². The van der Waals surface area contributed by atoms with Crippen molar-refractivity contribution in [3.63, 3.8) is 0 Å². The second kappa shape index (κ2) is 5.10. The molecule has 0 radical (unpaired) electrons. The van der Waals surface area contributed by atoms with Crippen LogP contribution in [0.15, 0.2) is 41.1 Å². The summed E-state index contributed by atoms with van der Waals surface area (Å²) in [5, 5.41) is 0. The van der Waals surface area contributed by atoms with Crippen molar-refractivity contribution >= 4 is 39.2 Å². The minimum Gasteiger partial charge on any atom is -0.331 e. The van der Waals surface area contributed by atoms with E-state index < -0.39 is 0 Å². The molecule has 0 saturated carbocycles. The molecule has 0 bridgehead atoms. The molecule has 0 amide bonds. The van der Waals surface area contributed by atoms with E-state index in [4.69, 9.17) is 12.2 Å². The largest absolute Gasteiger partial charge is 0.331 e. The van der Waals surface area contributed by atoms with Gasteiger partial charge in [-0.15, -0.1) is 0 Å². The molecule has 0 aliphatic rings. The first-order valence-corrected chi connectivity index (χ1v) is 7.27. The molecule has 0 saturated heterocycles. The van der Waals surface area contributed by atoms with E-state index in [-0.39, 0.29) is 11.9 Å². The molecule has 1 atom stereocenters. The maximum absolute atomic E-state index is 13.8. The van der Waals surface area contributed by atoms with Crippen LogP contribution in [0, 0.1) is 10.6 Å². The Hall–Kier alpha value is -1.53. The predicted octanol–water partition coefficient (Wildman–Crippen LogP) is 4.60. The minimum atomic E-state index is -0.307. The van der Waals surface area contributed by atoms with Gasteiger partial charge in [0.05, 0.1) is 21.5 Å². The number of halogens is 2. The molecule has 0 aliphatic carbocycles. The van der Waals surface area contributed by atoms with E-state index in [1.807, 2.05) is 23.6 Å². The van der Waals surface area contributed by atoms with E-state index in [9.17, 15) is 4.39 Å². The van der Waals surface area contributed by atoms with E-state index in [0.29, 0.717) is 9.24 Å². The van der Waals surface area contributed by atoms with Crippen molar-refractivity contribution in [2.75, 3.05) is 0 Å². The first-order valence-electron chi connectivity index (χ1n) is 6.07. The van der Waals surface area contributed by atoms with Crippen LogP contribution in [0.1, 0.15) is 18.5 Å². The molecule has 102 valence electrons. The van der Waals surface area contributed by atoms with Crippen LogP contribution >= 0.6 is 28.1 Å². The van der Waals surface area contributed by atoms with Gasteiger partial charge >= 0.3 is 0 Å².